The average molecular weight is 194 g/mol. The summed E-state index contributed by atoms with van der Waals surface area (Å²) in [6.45, 7) is 2.71. The van der Waals surface area contributed by atoms with E-state index in [2.05, 4.69) is 25.3 Å². The van der Waals surface area contributed by atoms with Crippen LogP contribution in [0.15, 0.2) is 10.8 Å². The van der Waals surface area contributed by atoms with E-state index in [0.717, 1.165) is 17.1 Å². The van der Waals surface area contributed by atoms with Crippen LogP contribution in [-0.4, -0.2) is 25.3 Å². The Morgan fingerprint density at radius 1 is 1.50 bits per heavy atom. The van der Waals surface area contributed by atoms with Crippen LogP contribution < -0.4 is 5.73 Å². The van der Waals surface area contributed by atoms with Crippen LogP contribution >= 0.6 is 0 Å². The predicted octanol–water partition coefficient (Wildman–Crippen LogP) is -0.523. The summed E-state index contributed by atoms with van der Waals surface area (Å²) in [4.78, 5) is 0. The first-order valence-electron chi connectivity index (χ1n) is 4.16. The maximum Gasteiger partial charge on any atom is 0.129 e. The quantitative estimate of drug-likeness (QED) is 0.706. The molecular weight excluding hydrogens is 184 g/mol. The van der Waals surface area contributed by atoms with Gasteiger partial charge in [-0.3, -0.25) is 0 Å². The van der Waals surface area contributed by atoms with Gasteiger partial charge >= 0.3 is 0 Å². The lowest BCUT2D eigenvalue weighted by atomic mass is 10.3. The molecule has 14 heavy (non-hydrogen) atoms. The second-order valence-corrected chi connectivity index (χ2v) is 2.91. The standard InChI is InChI=1S/C7H10N6O/c1-5-7(11-14-10-5)4-13-3-6(2-8)9-12-13/h3H,2,4,8H2,1H3. The van der Waals surface area contributed by atoms with E-state index in [9.17, 15) is 0 Å². The van der Waals surface area contributed by atoms with Crippen LogP contribution in [-0.2, 0) is 13.1 Å². The molecule has 0 unspecified atom stereocenters. The Hall–Kier alpha value is -1.76. The highest BCUT2D eigenvalue weighted by molar-refractivity contribution is 5.05. The molecule has 0 saturated heterocycles. The van der Waals surface area contributed by atoms with Crippen LogP contribution in [0.5, 0.6) is 0 Å². The Labute approximate surface area is 79.9 Å². The van der Waals surface area contributed by atoms with Crippen molar-refractivity contribution in [1.82, 2.24) is 25.3 Å². The normalized spacial score (nSPS) is 10.7. The van der Waals surface area contributed by atoms with E-state index in [0.29, 0.717) is 13.1 Å². The first-order valence-corrected chi connectivity index (χ1v) is 4.16. The van der Waals surface area contributed by atoms with Gasteiger partial charge in [-0.25, -0.2) is 9.31 Å². The van der Waals surface area contributed by atoms with Gasteiger partial charge in [0.2, 0.25) is 0 Å². The van der Waals surface area contributed by atoms with Crippen molar-refractivity contribution in [1.29, 1.82) is 0 Å². The number of hydrogen-bond donors (Lipinski definition) is 1. The summed E-state index contributed by atoms with van der Waals surface area (Å²) in [5, 5.41) is 15.1. The Morgan fingerprint density at radius 2 is 2.36 bits per heavy atom. The molecule has 0 aliphatic rings. The minimum Gasteiger partial charge on any atom is -0.325 e. The van der Waals surface area contributed by atoms with Crippen LogP contribution in [0, 0.1) is 6.92 Å². The zero-order chi connectivity index (χ0) is 9.97. The highest BCUT2D eigenvalue weighted by Gasteiger charge is 2.07. The Morgan fingerprint density at radius 3 is 2.93 bits per heavy atom. The molecule has 2 N–H and O–H groups in total. The van der Waals surface area contributed by atoms with Gasteiger partial charge < -0.3 is 5.73 Å². The summed E-state index contributed by atoms with van der Waals surface area (Å²) in [5.41, 5.74) is 7.66. The molecule has 0 fully saturated rings. The van der Waals surface area contributed by atoms with Gasteiger partial charge in [0.15, 0.2) is 0 Å². The minimum atomic E-state index is 0.385. The highest BCUT2D eigenvalue weighted by atomic mass is 16.6. The average Bonchev–Trinajstić information content (AvgIpc) is 2.77. The summed E-state index contributed by atoms with van der Waals surface area (Å²) >= 11 is 0. The molecule has 0 aromatic carbocycles. The molecule has 0 spiro atoms. The molecule has 0 amide bonds. The first kappa shape index (κ1) is 8.82. The Kier molecular flexibility index (Phi) is 2.23. The van der Waals surface area contributed by atoms with Gasteiger partial charge in [0.05, 0.1) is 18.4 Å². The molecule has 0 bridgehead atoms. The molecule has 0 atom stereocenters. The van der Waals surface area contributed by atoms with E-state index >= 15 is 0 Å². The molecule has 2 aromatic rings. The van der Waals surface area contributed by atoms with Crippen LogP contribution in [0.4, 0.5) is 0 Å². The predicted molar refractivity (Wildman–Crippen MR) is 46.1 cm³/mol. The minimum absolute atomic E-state index is 0.385. The number of nitrogens with two attached hydrogens (primary N) is 1. The third-order valence-corrected chi connectivity index (χ3v) is 1.85. The summed E-state index contributed by atoms with van der Waals surface area (Å²) in [6, 6.07) is 0. The molecule has 2 heterocycles. The molecule has 0 radical (unpaired) electrons. The van der Waals surface area contributed by atoms with Gasteiger partial charge in [-0.05, 0) is 6.92 Å². The SMILES string of the molecule is Cc1nonc1Cn1cc(CN)nn1. The van der Waals surface area contributed by atoms with Gasteiger partial charge in [0.25, 0.3) is 0 Å². The largest absolute Gasteiger partial charge is 0.325 e. The van der Waals surface area contributed by atoms with Gasteiger partial charge in [0, 0.05) is 6.54 Å². The van der Waals surface area contributed by atoms with Crippen LogP contribution in [0.1, 0.15) is 17.1 Å². The molecular formula is C7H10N6O. The van der Waals surface area contributed by atoms with Crippen LogP contribution in [0.2, 0.25) is 0 Å². The summed E-state index contributed by atoms with van der Waals surface area (Å²) in [5.74, 6) is 0. The van der Waals surface area contributed by atoms with Crippen molar-refractivity contribution in [2.45, 2.75) is 20.0 Å². The highest BCUT2D eigenvalue weighted by Crippen LogP contribution is 2.02. The molecule has 0 aliphatic heterocycles. The van der Waals surface area contributed by atoms with Gasteiger partial charge in [0.1, 0.15) is 11.4 Å². The third-order valence-electron chi connectivity index (χ3n) is 1.85. The van der Waals surface area contributed by atoms with Crippen LogP contribution in [0.3, 0.4) is 0 Å². The lowest BCUT2D eigenvalue weighted by molar-refractivity contribution is 0.300. The summed E-state index contributed by atoms with van der Waals surface area (Å²) < 4.78 is 6.21. The van der Waals surface area contributed by atoms with Crippen molar-refractivity contribution in [3.8, 4) is 0 Å². The number of rotatable bonds is 3. The summed E-state index contributed by atoms with van der Waals surface area (Å²) in [6.07, 6.45) is 1.77. The number of hydrogen-bond acceptors (Lipinski definition) is 6. The second kappa shape index (κ2) is 3.54. The van der Waals surface area contributed by atoms with Crippen molar-refractivity contribution in [2.75, 3.05) is 0 Å². The van der Waals surface area contributed by atoms with E-state index in [4.69, 9.17) is 5.73 Å². The van der Waals surface area contributed by atoms with E-state index in [1.54, 1.807) is 10.9 Å². The Balaban J connectivity index is 2.15. The topological polar surface area (TPSA) is 95.7 Å². The first-order chi connectivity index (χ1) is 6.79. The molecule has 2 aromatic heterocycles. The van der Waals surface area contributed by atoms with E-state index < -0.39 is 0 Å². The number of nitrogens with zero attached hydrogens (tertiary/aromatic N) is 5. The van der Waals surface area contributed by atoms with Crippen LogP contribution in [0.25, 0.3) is 0 Å². The fourth-order valence-electron chi connectivity index (χ4n) is 1.06. The summed E-state index contributed by atoms with van der Waals surface area (Å²) in [7, 11) is 0. The van der Waals surface area contributed by atoms with Gasteiger partial charge in [-0.15, -0.1) is 5.10 Å². The number of aromatic nitrogens is 5. The van der Waals surface area contributed by atoms with E-state index in [1.807, 2.05) is 6.92 Å². The zero-order valence-electron chi connectivity index (χ0n) is 7.71. The molecule has 2 rings (SSSR count). The van der Waals surface area contributed by atoms with Crippen molar-refractivity contribution in [3.63, 3.8) is 0 Å². The Bertz CT molecular complexity index is 419. The number of aryl methyl sites for hydroxylation is 1. The van der Waals surface area contributed by atoms with Gasteiger partial charge in [-0.1, -0.05) is 15.5 Å². The third kappa shape index (κ3) is 1.62. The van der Waals surface area contributed by atoms with Crippen molar-refractivity contribution < 1.29 is 4.63 Å². The van der Waals surface area contributed by atoms with Gasteiger partial charge in [-0.2, -0.15) is 0 Å². The molecule has 7 heteroatoms. The smallest absolute Gasteiger partial charge is 0.129 e. The fraction of sp³-hybridized carbons (Fsp3) is 0.429. The molecule has 7 nitrogen and oxygen atoms in total. The maximum absolute atomic E-state index is 5.40. The monoisotopic (exact) mass is 194 g/mol. The fourth-order valence-corrected chi connectivity index (χ4v) is 1.06. The molecule has 74 valence electrons. The van der Waals surface area contributed by atoms with Crippen molar-refractivity contribution >= 4 is 0 Å². The second-order valence-electron chi connectivity index (χ2n) is 2.91. The molecule has 0 saturated carbocycles. The zero-order valence-corrected chi connectivity index (χ0v) is 7.71. The van der Waals surface area contributed by atoms with Crippen molar-refractivity contribution in [2.24, 2.45) is 5.73 Å². The lowest BCUT2D eigenvalue weighted by Gasteiger charge is -1.94. The van der Waals surface area contributed by atoms with Crippen molar-refractivity contribution in [3.05, 3.63) is 23.3 Å². The van der Waals surface area contributed by atoms with E-state index in [1.165, 1.54) is 0 Å². The molecule has 0 aliphatic carbocycles. The van der Waals surface area contributed by atoms with E-state index in [-0.39, 0.29) is 0 Å². The maximum atomic E-state index is 5.40. The lowest BCUT2D eigenvalue weighted by Crippen LogP contribution is -2.02.